The van der Waals surface area contributed by atoms with Crippen LogP contribution >= 0.6 is 11.8 Å². The fourth-order valence-electron chi connectivity index (χ4n) is 2.37. The van der Waals surface area contributed by atoms with E-state index < -0.39 is 0 Å². The first-order valence-corrected chi connectivity index (χ1v) is 7.37. The van der Waals surface area contributed by atoms with Crippen LogP contribution in [0, 0.1) is 0 Å². The highest BCUT2D eigenvalue weighted by atomic mass is 32.2. The number of thioether (sulfide) groups is 1. The van der Waals surface area contributed by atoms with Crippen molar-refractivity contribution in [2.45, 2.75) is 24.7 Å². The number of hydrogen-bond acceptors (Lipinski definition) is 3. The quantitative estimate of drug-likeness (QED) is 0.769. The average molecular weight is 265 g/mol. The molecule has 0 aromatic heterocycles. The Balaban J connectivity index is 2.30. The molecule has 0 atom stereocenters. The van der Waals surface area contributed by atoms with Crippen molar-refractivity contribution >= 4 is 17.7 Å². The van der Waals surface area contributed by atoms with Crippen LogP contribution in [-0.2, 0) is 17.6 Å². The van der Waals surface area contributed by atoms with Gasteiger partial charge in [-0.05, 0) is 42.4 Å². The Bertz CT molecular complexity index is 424. The molecule has 0 fully saturated rings. The lowest BCUT2D eigenvalue weighted by Crippen LogP contribution is -2.30. The second-order valence-electron chi connectivity index (χ2n) is 4.48. The summed E-state index contributed by atoms with van der Waals surface area (Å²) in [6, 6.07) is 4.34. The molecule has 1 aliphatic heterocycles. The van der Waals surface area contributed by atoms with Gasteiger partial charge in [-0.2, -0.15) is 0 Å². The van der Waals surface area contributed by atoms with E-state index in [-0.39, 0.29) is 5.91 Å². The van der Waals surface area contributed by atoms with Crippen molar-refractivity contribution in [3.8, 4) is 5.75 Å². The molecule has 98 valence electrons. The van der Waals surface area contributed by atoms with Crippen molar-refractivity contribution < 1.29 is 9.53 Å². The highest BCUT2D eigenvalue weighted by Gasteiger charge is 2.17. The van der Waals surface area contributed by atoms with Crippen molar-refractivity contribution in [1.82, 2.24) is 4.90 Å². The van der Waals surface area contributed by atoms with Gasteiger partial charge in [0.05, 0.1) is 7.11 Å². The summed E-state index contributed by atoms with van der Waals surface area (Å²) in [5.74, 6) is 1.11. The van der Waals surface area contributed by atoms with Crippen LogP contribution < -0.4 is 4.74 Å². The van der Waals surface area contributed by atoms with Crippen LogP contribution in [0.2, 0.25) is 0 Å². The maximum atomic E-state index is 11.4. The number of benzene rings is 1. The smallest absolute Gasteiger partial charge is 0.219 e. The molecule has 0 unspecified atom stereocenters. The predicted molar refractivity (Wildman–Crippen MR) is 74.4 cm³/mol. The number of hydrogen-bond donors (Lipinski definition) is 0. The van der Waals surface area contributed by atoms with E-state index in [2.05, 4.69) is 18.4 Å². The van der Waals surface area contributed by atoms with Crippen LogP contribution in [0.15, 0.2) is 17.0 Å². The molecule has 0 saturated heterocycles. The standard InChI is InChI=1S/C14H19NO2S/c1-10(16)15-6-4-11-8-13(17-2)14(18-3)9-12(11)5-7-15/h8-9H,4-7H2,1-3H3. The third kappa shape index (κ3) is 2.64. The van der Waals surface area contributed by atoms with Crippen LogP contribution in [0.5, 0.6) is 5.75 Å². The van der Waals surface area contributed by atoms with Crippen LogP contribution in [0.25, 0.3) is 0 Å². The summed E-state index contributed by atoms with van der Waals surface area (Å²) < 4.78 is 5.42. The molecular weight excluding hydrogens is 246 g/mol. The number of carbonyl (C=O) groups excluding carboxylic acids is 1. The van der Waals surface area contributed by atoms with Gasteiger partial charge in [0.25, 0.3) is 0 Å². The third-order valence-electron chi connectivity index (χ3n) is 3.45. The molecule has 1 heterocycles. The summed E-state index contributed by atoms with van der Waals surface area (Å²) in [6.45, 7) is 3.27. The van der Waals surface area contributed by atoms with Crippen LogP contribution in [0.4, 0.5) is 0 Å². The Labute approximate surface area is 113 Å². The van der Waals surface area contributed by atoms with Gasteiger partial charge in [-0.3, -0.25) is 4.79 Å². The molecule has 18 heavy (non-hydrogen) atoms. The Morgan fingerprint density at radius 3 is 2.39 bits per heavy atom. The van der Waals surface area contributed by atoms with Gasteiger partial charge in [0.15, 0.2) is 0 Å². The van der Waals surface area contributed by atoms with Crippen molar-refractivity contribution in [2.24, 2.45) is 0 Å². The second-order valence-corrected chi connectivity index (χ2v) is 5.33. The summed E-state index contributed by atoms with van der Waals surface area (Å²) in [5, 5.41) is 0. The SMILES string of the molecule is COc1cc2c(cc1SC)CCN(C(C)=O)CC2. The lowest BCUT2D eigenvalue weighted by molar-refractivity contribution is -0.128. The molecule has 1 aromatic rings. The van der Waals surface area contributed by atoms with Gasteiger partial charge in [0.2, 0.25) is 5.91 Å². The van der Waals surface area contributed by atoms with Crippen molar-refractivity contribution in [2.75, 3.05) is 26.5 Å². The van der Waals surface area contributed by atoms with Crippen LogP contribution in [0.3, 0.4) is 0 Å². The Kier molecular flexibility index (Phi) is 4.17. The zero-order valence-electron chi connectivity index (χ0n) is 11.2. The molecule has 0 bridgehead atoms. The van der Waals surface area contributed by atoms with Crippen molar-refractivity contribution in [1.29, 1.82) is 0 Å². The van der Waals surface area contributed by atoms with Crippen molar-refractivity contribution in [3.05, 3.63) is 23.3 Å². The molecule has 0 spiro atoms. The van der Waals surface area contributed by atoms with Gasteiger partial charge in [-0.25, -0.2) is 0 Å². The number of methoxy groups -OCH3 is 1. The van der Waals surface area contributed by atoms with E-state index in [0.29, 0.717) is 0 Å². The first kappa shape index (κ1) is 13.3. The Morgan fingerprint density at radius 2 is 1.89 bits per heavy atom. The number of fused-ring (bicyclic) bond motifs is 1. The van der Waals surface area contributed by atoms with Crippen LogP contribution in [0.1, 0.15) is 18.1 Å². The Morgan fingerprint density at radius 1 is 1.28 bits per heavy atom. The highest BCUT2D eigenvalue weighted by Crippen LogP contribution is 2.32. The van der Waals surface area contributed by atoms with E-state index in [4.69, 9.17) is 4.74 Å². The maximum absolute atomic E-state index is 11.4. The lowest BCUT2D eigenvalue weighted by Gasteiger charge is -2.17. The molecule has 1 amide bonds. The maximum Gasteiger partial charge on any atom is 0.219 e. The van der Waals surface area contributed by atoms with E-state index in [0.717, 1.165) is 31.7 Å². The molecular formula is C14H19NO2S. The predicted octanol–water partition coefficient (Wildman–Crippen LogP) is 2.36. The minimum Gasteiger partial charge on any atom is -0.496 e. The fourth-order valence-corrected chi connectivity index (χ4v) is 2.97. The number of ether oxygens (including phenoxy) is 1. The molecule has 0 N–H and O–H groups in total. The van der Waals surface area contributed by atoms with E-state index in [9.17, 15) is 4.79 Å². The monoisotopic (exact) mass is 265 g/mol. The van der Waals surface area contributed by atoms with E-state index in [1.807, 2.05) is 4.90 Å². The minimum atomic E-state index is 0.167. The normalized spacial score (nSPS) is 14.9. The number of nitrogens with zero attached hydrogens (tertiary/aromatic N) is 1. The zero-order valence-corrected chi connectivity index (χ0v) is 12.0. The summed E-state index contributed by atoms with van der Waals surface area (Å²) in [5.41, 5.74) is 2.66. The van der Waals surface area contributed by atoms with Crippen LogP contribution in [-0.4, -0.2) is 37.3 Å². The largest absolute Gasteiger partial charge is 0.496 e. The molecule has 0 aliphatic carbocycles. The van der Waals surface area contributed by atoms with Gasteiger partial charge in [-0.15, -0.1) is 11.8 Å². The molecule has 2 rings (SSSR count). The lowest BCUT2D eigenvalue weighted by atomic mass is 10.0. The summed E-state index contributed by atoms with van der Waals surface area (Å²) in [6.07, 6.45) is 3.91. The second kappa shape index (κ2) is 5.65. The van der Waals surface area contributed by atoms with Gasteiger partial charge in [0, 0.05) is 24.9 Å². The van der Waals surface area contributed by atoms with E-state index in [1.165, 1.54) is 16.0 Å². The average Bonchev–Trinajstić information content (AvgIpc) is 2.58. The molecule has 1 aromatic carbocycles. The topological polar surface area (TPSA) is 29.5 Å². The summed E-state index contributed by atoms with van der Waals surface area (Å²) in [7, 11) is 1.71. The first-order valence-electron chi connectivity index (χ1n) is 6.15. The van der Waals surface area contributed by atoms with Gasteiger partial charge in [-0.1, -0.05) is 0 Å². The fraction of sp³-hybridized carbons (Fsp3) is 0.500. The molecule has 3 nitrogen and oxygen atoms in total. The highest BCUT2D eigenvalue weighted by molar-refractivity contribution is 7.98. The molecule has 4 heteroatoms. The summed E-state index contributed by atoms with van der Waals surface area (Å²) in [4.78, 5) is 14.5. The Hall–Kier alpha value is -1.16. The minimum absolute atomic E-state index is 0.167. The van der Waals surface area contributed by atoms with Crippen molar-refractivity contribution in [3.63, 3.8) is 0 Å². The van der Waals surface area contributed by atoms with E-state index >= 15 is 0 Å². The first-order chi connectivity index (χ1) is 8.65. The molecule has 0 saturated carbocycles. The molecule has 1 aliphatic rings. The van der Waals surface area contributed by atoms with Gasteiger partial charge < -0.3 is 9.64 Å². The number of amides is 1. The number of rotatable bonds is 2. The summed E-state index contributed by atoms with van der Waals surface area (Å²) >= 11 is 1.70. The number of carbonyl (C=O) groups is 1. The van der Waals surface area contributed by atoms with E-state index in [1.54, 1.807) is 25.8 Å². The third-order valence-corrected chi connectivity index (χ3v) is 4.21. The zero-order chi connectivity index (χ0) is 13.1. The van der Waals surface area contributed by atoms with Gasteiger partial charge in [0.1, 0.15) is 5.75 Å². The van der Waals surface area contributed by atoms with Gasteiger partial charge >= 0.3 is 0 Å². The molecule has 0 radical (unpaired) electrons.